The molecule has 0 heterocycles. The second-order valence-corrected chi connectivity index (χ2v) is 3.35. The van der Waals surface area contributed by atoms with E-state index in [2.05, 4.69) is 54.7 Å². The van der Waals surface area contributed by atoms with Gasteiger partial charge in [-0.15, -0.1) is 0 Å². The maximum atomic E-state index is 3.50. The predicted octanol–water partition coefficient (Wildman–Crippen LogP) is 3.30. The molecular formula is C13H19N. The van der Waals surface area contributed by atoms with Crippen LogP contribution >= 0.6 is 0 Å². The Balaban J connectivity index is 2.54. The average molecular weight is 189 g/mol. The monoisotopic (exact) mass is 189 g/mol. The van der Waals surface area contributed by atoms with E-state index in [1.807, 2.05) is 6.92 Å². The zero-order valence-electron chi connectivity index (χ0n) is 9.03. The molecule has 1 atom stereocenters. The van der Waals surface area contributed by atoms with Crippen LogP contribution in [0.3, 0.4) is 0 Å². The predicted molar refractivity (Wildman–Crippen MR) is 62.3 cm³/mol. The molecule has 0 aliphatic heterocycles. The summed E-state index contributed by atoms with van der Waals surface area (Å²) in [5, 5.41) is 3.50. The molecule has 1 unspecified atom stereocenters. The molecule has 0 saturated carbocycles. The third kappa shape index (κ3) is 3.35. The molecule has 14 heavy (non-hydrogen) atoms. The van der Waals surface area contributed by atoms with E-state index in [-0.39, 0.29) is 0 Å². The van der Waals surface area contributed by atoms with Crippen LogP contribution in [0.2, 0.25) is 0 Å². The molecular weight excluding hydrogens is 170 g/mol. The van der Waals surface area contributed by atoms with Crippen molar-refractivity contribution in [3.05, 3.63) is 48.0 Å². The first-order valence-electron chi connectivity index (χ1n) is 5.28. The summed E-state index contributed by atoms with van der Waals surface area (Å²) in [7, 11) is 0. The molecule has 1 nitrogen and oxygen atoms in total. The van der Waals surface area contributed by atoms with Crippen molar-refractivity contribution in [2.75, 3.05) is 6.54 Å². The van der Waals surface area contributed by atoms with E-state index in [0.29, 0.717) is 6.04 Å². The summed E-state index contributed by atoms with van der Waals surface area (Å²) in [6, 6.07) is 11.1. The van der Waals surface area contributed by atoms with Gasteiger partial charge in [-0.05, 0) is 18.9 Å². The molecule has 1 heteroatoms. The zero-order valence-corrected chi connectivity index (χ0v) is 9.03. The van der Waals surface area contributed by atoms with Crippen molar-refractivity contribution >= 4 is 0 Å². The molecule has 0 fully saturated rings. The Kier molecular flexibility index (Phi) is 5.02. The van der Waals surface area contributed by atoms with E-state index in [9.17, 15) is 0 Å². The standard InChI is InChI=1S/C13H19N/c1-3-5-11-14-13(4-2)12-9-7-6-8-10-12/h3,5-10,13-14H,4,11H2,1-2H3. The van der Waals surface area contributed by atoms with E-state index in [0.717, 1.165) is 13.0 Å². The van der Waals surface area contributed by atoms with Gasteiger partial charge < -0.3 is 5.32 Å². The van der Waals surface area contributed by atoms with Crippen molar-refractivity contribution in [3.63, 3.8) is 0 Å². The number of rotatable bonds is 5. The lowest BCUT2D eigenvalue weighted by Crippen LogP contribution is -2.20. The summed E-state index contributed by atoms with van der Waals surface area (Å²) in [4.78, 5) is 0. The SMILES string of the molecule is CC=CCNC(CC)c1ccccc1. The van der Waals surface area contributed by atoms with Crippen LogP contribution in [0, 0.1) is 0 Å². The molecule has 0 bridgehead atoms. The highest BCUT2D eigenvalue weighted by atomic mass is 14.9. The van der Waals surface area contributed by atoms with Gasteiger partial charge in [0.1, 0.15) is 0 Å². The van der Waals surface area contributed by atoms with Crippen molar-refractivity contribution in [2.45, 2.75) is 26.3 Å². The van der Waals surface area contributed by atoms with E-state index >= 15 is 0 Å². The van der Waals surface area contributed by atoms with Crippen LogP contribution in [0.4, 0.5) is 0 Å². The minimum atomic E-state index is 0.479. The van der Waals surface area contributed by atoms with Gasteiger partial charge in [-0.2, -0.15) is 0 Å². The second-order valence-electron chi connectivity index (χ2n) is 3.35. The van der Waals surface area contributed by atoms with E-state index in [4.69, 9.17) is 0 Å². The first kappa shape index (κ1) is 11.0. The van der Waals surface area contributed by atoms with Crippen LogP contribution < -0.4 is 5.32 Å². The average Bonchev–Trinajstić information content (AvgIpc) is 2.26. The van der Waals surface area contributed by atoms with Gasteiger partial charge in [0.15, 0.2) is 0 Å². The number of allylic oxidation sites excluding steroid dienone is 1. The Morgan fingerprint density at radius 2 is 2.00 bits per heavy atom. The summed E-state index contributed by atoms with van der Waals surface area (Å²) in [5.41, 5.74) is 1.37. The lowest BCUT2D eigenvalue weighted by atomic mass is 10.0. The Bertz CT molecular complexity index is 264. The molecule has 1 aromatic carbocycles. The maximum absolute atomic E-state index is 3.50. The normalized spacial score (nSPS) is 13.3. The highest BCUT2D eigenvalue weighted by Gasteiger charge is 2.05. The smallest absolute Gasteiger partial charge is 0.0320 e. The number of hydrogen-bond acceptors (Lipinski definition) is 1. The van der Waals surface area contributed by atoms with Gasteiger partial charge in [-0.25, -0.2) is 0 Å². The summed E-state index contributed by atoms with van der Waals surface area (Å²) >= 11 is 0. The molecule has 0 aromatic heterocycles. The van der Waals surface area contributed by atoms with Gasteiger partial charge in [0.05, 0.1) is 0 Å². The highest BCUT2D eigenvalue weighted by Crippen LogP contribution is 2.15. The van der Waals surface area contributed by atoms with Gasteiger partial charge in [0.25, 0.3) is 0 Å². The number of hydrogen-bond donors (Lipinski definition) is 1. The Morgan fingerprint density at radius 3 is 2.57 bits per heavy atom. The molecule has 0 aliphatic carbocycles. The first-order valence-corrected chi connectivity index (χ1v) is 5.28. The van der Waals surface area contributed by atoms with Crippen LogP contribution in [0.15, 0.2) is 42.5 Å². The quantitative estimate of drug-likeness (QED) is 0.701. The fraction of sp³-hybridized carbons (Fsp3) is 0.385. The highest BCUT2D eigenvalue weighted by molar-refractivity contribution is 5.18. The Morgan fingerprint density at radius 1 is 1.29 bits per heavy atom. The zero-order chi connectivity index (χ0) is 10.2. The molecule has 76 valence electrons. The molecule has 0 spiro atoms. The van der Waals surface area contributed by atoms with Crippen LogP contribution in [0.5, 0.6) is 0 Å². The topological polar surface area (TPSA) is 12.0 Å². The summed E-state index contributed by atoms with van der Waals surface area (Å²) < 4.78 is 0. The molecule has 0 aliphatic rings. The lowest BCUT2D eigenvalue weighted by molar-refractivity contribution is 0.551. The van der Waals surface area contributed by atoms with E-state index in [1.54, 1.807) is 0 Å². The molecule has 1 aromatic rings. The minimum Gasteiger partial charge on any atom is -0.306 e. The third-order valence-electron chi connectivity index (χ3n) is 2.33. The van der Waals surface area contributed by atoms with Crippen LogP contribution in [0.25, 0.3) is 0 Å². The van der Waals surface area contributed by atoms with Gasteiger partial charge in [-0.1, -0.05) is 49.4 Å². The lowest BCUT2D eigenvalue weighted by Gasteiger charge is -2.15. The van der Waals surface area contributed by atoms with Gasteiger partial charge in [-0.3, -0.25) is 0 Å². The largest absolute Gasteiger partial charge is 0.306 e. The van der Waals surface area contributed by atoms with Crippen LogP contribution in [-0.2, 0) is 0 Å². The van der Waals surface area contributed by atoms with Crippen molar-refractivity contribution in [1.29, 1.82) is 0 Å². The Labute approximate surface area is 86.8 Å². The van der Waals surface area contributed by atoms with E-state index < -0.39 is 0 Å². The van der Waals surface area contributed by atoms with Crippen molar-refractivity contribution in [3.8, 4) is 0 Å². The van der Waals surface area contributed by atoms with Crippen LogP contribution in [0.1, 0.15) is 31.9 Å². The Hall–Kier alpha value is -1.08. The van der Waals surface area contributed by atoms with Crippen LogP contribution in [-0.4, -0.2) is 6.54 Å². The number of benzene rings is 1. The minimum absolute atomic E-state index is 0.479. The molecule has 0 radical (unpaired) electrons. The van der Waals surface area contributed by atoms with Gasteiger partial charge in [0, 0.05) is 12.6 Å². The van der Waals surface area contributed by atoms with Crippen molar-refractivity contribution in [2.24, 2.45) is 0 Å². The molecule has 0 amide bonds. The maximum Gasteiger partial charge on any atom is 0.0320 e. The van der Waals surface area contributed by atoms with E-state index in [1.165, 1.54) is 5.56 Å². The first-order chi connectivity index (χ1) is 6.88. The molecule has 1 N–H and O–H groups in total. The number of nitrogens with one attached hydrogen (secondary N) is 1. The van der Waals surface area contributed by atoms with Gasteiger partial charge >= 0.3 is 0 Å². The summed E-state index contributed by atoms with van der Waals surface area (Å²) in [6.07, 6.45) is 5.35. The fourth-order valence-corrected chi connectivity index (χ4v) is 1.51. The van der Waals surface area contributed by atoms with Gasteiger partial charge in [0.2, 0.25) is 0 Å². The van der Waals surface area contributed by atoms with Crippen molar-refractivity contribution in [1.82, 2.24) is 5.32 Å². The third-order valence-corrected chi connectivity index (χ3v) is 2.33. The summed E-state index contributed by atoms with van der Waals surface area (Å²) in [5.74, 6) is 0. The molecule has 0 saturated heterocycles. The molecule has 1 rings (SSSR count). The fourth-order valence-electron chi connectivity index (χ4n) is 1.51. The van der Waals surface area contributed by atoms with Crippen molar-refractivity contribution < 1.29 is 0 Å². The second kappa shape index (κ2) is 6.39. The summed E-state index contributed by atoms with van der Waals surface area (Å²) in [6.45, 7) is 5.20.